The molecule has 8 heteroatoms. The monoisotopic (exact) mass is 570 g/mol. The van der Waals surface area contributed by atoms with Gasteiger partial charge in [-0.05, 0) is 109 Å². The Morgan fingerprint density at radius 2 is 1.32 bits per heavy atom. The average Bonchev–Trinajstić information content (AvgIpc) is 3.00. The maximum absolute atomic E-state index is 12.7. The lowest BCUT2D eigenvalue weighted by Gasteiger charge is -2.31. The minimum absolute atomic E-state index is 0.0676. The van der Waals surface area contributed by atoms with Crippen LogP contribution in [0.25, 0.3) is 0 Å². The molecule has 0 saturated heterocycles. The van der Waals surface area contributed by atoms with Gasteiger partial charge in [0.2, 0.25) is 8.32 Å². The third-order valence-electron chi connectivity index (χ3n) is 6.54. The van der Waals surface area contributed by atoms with Crippen LogP contribution in [0.1, 0.15) is 77.6 Å². The van der Waals surface area contributed by atoms with Crippen LogP contribution in [-0.4, -0.2) is 48.9 Å². The van der Waals surface area contributed by atoms with Crippen molar-refractivity contribution < 1.29 is 22.9 Å². The first-order valence-corrected chi connectivity index (χ1v) is 25.0. The number of unbranched alkanes of at least 4 members (excludes halogenated alkanes) is 3. The van der Waals surface area contributed by atoms with Gasteiger partial charge in [-0.25, -0.2) is 0 Å². The number of carbonyl (C=O) groups is 2. The maximum Gasteiger partial charge on any atom is 0.292 e. The highest BCUT2D eigenvalue weighted by Crippen LogP contribution is 2.43. The predicted molar refractivity (Wildman–Crippen MR) is 163 cm³/mol. The van der Waals surface area contributed by atoms with Crippen LogP contribution in [0, 0.1) is 11.8 Å². The fourth-order valence-electron chi connectivity index (χ4n) is 5.19. The van der Waals surface area contributed by atoms with Crippen molar-refractivity contribution in [3.05, 3.63) is 12.2 Å². The van der Waals surface area contributed by atoms with Gasteiger partial charge in [0.25, 0.3) is 5.97 Å². The fourth-order valence-corrected chi connectivity index (χ4v) is 8.33. The van der Waals surface area contributed by atoms with Crippen LogP contribution in [0.2, 0.25) is 58.9 Å². The molecule has 0 aromatic carbocycles. The molecule has 216 valence electrons. The molecule has 0 N–H and O–H groups in total. The summed E-state index contributed by atoms with van der Waals surface area (Å²) in [6.45, 7) is 21.9. The van der Waals surface area contributed by atoms with Crippen LogP contribution in [0.5, 0.6) is 0 Å². The molecule has 0 radical (unpaired) electrons. The summed E-state index contributed by atoms with van der Waals surface area (Å²) in [5.41, 5.74) is 0. The minimum atomic E-state index is -1.81. The molecule has 0 heterocycles. The van der Waals surface area contributed by atoms with Crippen molar-refractivity contribution in [3.63, 3.8) is 0 Å². The summed E-state index contributed by atoms with van der Waals surface area (Å²) >= 11 is 0. The van der Waals surface area contributed by atoms with Crippen LogP contribution in [-0.2, 0) is 22.9 Å². The Balaban J connectivity index is 2.87. The summed E-state index contributed by atoms with van der Waals surface area (Å²) in [4.78, 5) is 24.7. The highest BCUT2D eigenvalue weighted by atomic mass is 28.4. The maximum atomic E-state index is 12.7. The van der Waals surface area contributed by atoms with Gasteiger partial charge in [0.05, 0.1) is 12.2 Å². The zero-order valence-electron chi connectivity index (χ0n) is 25.8. The summed E-state index contributed by atoms with van der Waals surface area (Å²) < 4.78 is 19.0. The Hall–Kier alpha value is -0.549. The molecule has 0 spiro atoms. The Labute approximate surface area is 231 Å². The van der Waals surface area contributed by atoms with E-state index in [0.717, 1.165) is 51.4 Å². The van der Waals surface area contributed by atoms with E-state index < -0.39 is 25.0 Å². The second-order valence-corrected chi connectivity index (χ2v) is 27.2. The number of Topliss-reactive ketones (excluding diaryl/α,β-unsaturated/α-hetero) is 1. The van der Waals surface area contributed by atoms with E-state index in [4.69, 9.17) is 13.3 Å². The molecule has 5 nitrogen and oxygen atoms in total. The average molecular weight is 571 g/mol. The predicted octanol–water partition coefficient (Wildman–Crippen LogP) is 8.49. The molecule has 37 heavy (non-hydrogen) atoms. The molecule has 4 atom stereocenters. The van der Waals surface area contributed by atoms with Crippen molar-refractivity contribution in [2.75, 3.05) is 0 Å². The minimum Gasteiger partial charge on any atom is -0.520 e. The fraction of sp³-hybridized carbons (Fsp3) is 0.862. The van der Waals surface area contributed by atoms with Gasteiger partial charge in [0.1, 0.15) is 5.78 Å². The van der Waals surface area contributed by atoms with Gasteiger partial charge in [0.15, 0.2) is 16.6 Å². The summed E-state index contributed by atoms with van der Waals surface area (Å²) in [5.74, 6) is 1.04. The first-order chi connectivity index (χ1) is 17.0. The van der Waals surface area contributed by atoms with E-state index in [2.05, 4.69) is 58.4 Å². The van der Waals surface area contributed by atoms with E-state index in [-0.39, 0.29) is 18.2 Å². The van der Waals surface area contributed by atoms with E-state index in [1.807, 2.05) is 19.6 Å². The largest absolute Gasteiger partial charge is 0.520 e. The molecular formula is C29H58O5Si3. The van der Waals surface area contributed by atoms with Gasteiger partial charge < -0.3 is 13.3 Å². The quantitative estimate of drug-likeness (QED) is 0.0939. The molecule has 0 aromatic heterocycles. The number of hydrogen-bond acceptors (Lipinski definition) is 5. The third kappa shape index (κ3) is 16.2. The van der Waals surface area contributed by atoms with Crippen LogP contribution >= 0.6 is 0 Å². The Kier molecular flexibility index (Phi) is 14.8. The zero-order valence-corrected chi connectivity index (χ0v) is 28.8. The molecule has 1 aliphatic rings. The molecule has 1 saturated carbocycles. The van der Waals surface area contributed by atoms with Gasteiger partial charge in [-0.3, -0.25) is 9.59 Å². The van der Waals surface area contributed by atoms with E-state index in [1.165, 1.54) is 0 Å². The van der Waals surface area contributed by atoms with Gasteiger partial charge in [-0.1, -0.05) is 31.9 Å². The second-order valence-electron chi connectivity index (χ2n) is 13.8. The van der Waals surface area contributed by atoms with Gasteiger partial charge in [-0.15, -0.1) is 0 Å². The molecule has 1 fully saturated rings. The zero-order chi connectivity index (χ0) is 28.3. The number of rotatable bonds is 18. The van der Waals surface area contributed by atoms with E-state index in [9.17, 15) is 9.59 Å². The first-order valence-electron chi connectivity index (χ1n) is 14.7. The normalized spacial score (nSPS) is 23.1. The molecule has 0 amide bonds. The van der Waals surface area contributed by atoms with Crippen LogP contribution < -0.4 is 0 Å². The molecule has 0 aliphatic heterocycles. The Morgan fingerprint density at radius 1 is 0.730 bits per heavy atom. The molecular weight excluding hydrogens is 513 g/mol. The van der Waals surface area contributed by atoms with Crippen LogP contribution in [0.4, 0.5) is 0 Å². The molecule has 1 rings (SSSR count). The van der Waals surface area contributed by atoms with E-state index in [0.29, 0.717) is 36.9 Å². The van der Waals surface area contributed by atoms with Crippen molar-refractivity contribution in [1.82, 2.24) is 0 Å². The van der Waals surface area contributed by atoms with Crippen molar-refractivity contribution in [2.24, 2.45) is 11.8 Å². The molecule has 0 bridgehead atoms. The SMILES string of the molecule is CCCCCC(=O)CC[C@@H]1[C@@H](C/C=C\CCCC(=O)O[Si](C)(C)C)[C@@H](O[Si](C)(C)C)C[C@H]1O[Si](C)(C)C. The van der Waals surface area contributed by atoms with Crippen molar-refractivity contribution in [3.8, 4) is 0 Å². The smallest absolute Gasteiger partial charge is 0.292 e. The lowest BCUT2D eigenvalue weighted by molar-refractivity contribution is -0.135. The summed E-state index contributed by atoms with van der Waals surface area (Å²) in [6, 6.07) is 0. The number of allylic oxidation sites excluding steroid dienone is 2. The number of carbonyl (C=O) groups excluding carboxylic acids is 2. The molecule has 1 aliphatic carbocycles. The van der Waals surface area contributed by atoms with Crippen LogP contribution in [0.15, 0.2) is 12.2 Å². The van der Waals surface area contributed by atoms with Gasteiger partial charge in [0, 0.05) is 19.3 Å². The number of hydrogen-bond donors (Lipinski definition) is 0. The van der Waals surface area contributed by atoms with Crippen molar-refractivity contribution in [1.29, 1.82) is 0 Å². The first kappa shape index (κ1) is 34.5. The number of ketones is 1. The van der Waals surface area contributed by atoms with Crippen molar-refractivity contribution >= 4 is 36.7 Å². The van der Waals surface area contributed by atoms with Gasteiger partial charge in [-0.2, -0.15) is 0 Å². The lowest BCUT2D eigenvalue weighted by Crippen LogP contribution is -2.35. The van der Waals surface area contributed by atoms with Crippen molar-refractivity contribution in [2.45, 2.75) is 149 Å². The topological polar surface area (TPSA) is 61.8 Å². The Morgan fingerprint density at radius 3 is 1.86 bits per heavy atom. The van der Waals surface area contributed by atoms with Gasteiger partial charge >= 0.3 is 0 Å². The summed E-state index contributed by atoms with van der Waals surface area (Å²) in [5, 5.41) is 0. The summed E-state index contributed by atoms with van der Waals surface area (Å²) in [7, 11) is -5.26. The molecule has 0 unspecified atom stereocenters. The third-order valence-corrected chi connectivity index (χ3v) is 9.40. The van der Waals surface area contributed by atoms with Crippen LogP contribution in [0.3, 0.4) is 0 Å². The summed E-state index contributed by atoms with van der Waals surface area (Å²) in [6.07, 6.45) is 14.4. The highest BCUT2D eigenvalue weighted by molar-refractivity contribution is 6.71. The standard InChI is InChI=1S/C29H58O5Si3/c1-11-12-15-18-24(30)21-22-26-25(19-16-13-14-17-20-29(31)34-37(8,9)10)27(32-35(2,3)4)23-28(26)33-36(5,6)7/h13,16,25-28H,11-12,14-15,17-23H2,1-10H3/b16-13-/t25-,26-,27+,28-/m1/s1. The van der Waals surface area contributed by atoms with E-state index in [1.54, 1.807) is 0 Å². The highest BCUT2D eigenvalue weighted by Gasteiger charge is 2.46. The van der Waals surface area contributed by atoms with E-state index >= 15 is 0 Å². The lowest BCUT2D eigenvalue weighted by atomic mass is 9.86. The molecule has 0 aromatic rings. The second kappa shape index (κ2) is 15.9. The Bertz CT molecular complexity index is 719.